The molecule has 2 aromatic carbocycles. The van der Waals surface area contributed by atoms with Crippen LogP contribution in [0.25, 0.3) is 22.1 Å². The van der Waals surface area contributed by atoms with Gasteiger partial charge in [-0.05, 0) is 36.2 Å². The van der Waals surface area contributed by atoms with Crippen LogP contribution in [-0.4, -0.2) is 47.9 Å². The SMILES string of the molecule is COc1ccc(CN(Cc2nc3c(oc4ccccc43)c(=O)[nH]2)C2CCS(=O)(=O)C2)cc1. The van der Waals surface area contributed by atoms with E-state index in [-0.39, 0.29) is 28.7 Å². The highest BCUT2D eigenvalue weighted by Gasteiger charge is 2.32. The second kappa shape index (κ2) is 8.07. The number of nitrogens with zero attached hydrogens (tertiary/aromatic N) is 2. The smallest absolute Gasteiger partial charge is 0.294 e. The molecule has 3 heterocycles. The molecule has 1 atom stereocenters. The molecule has 2 aromatic heterocycles. The Labute approximate surface area is 184 Å². The third-order valence-electron chi connectivity index (χ3n) is 5.90. The summed E-state index contributed by atoms with van der Waals surface area (Å²) in [5, 5.41) is 0.778. The molecule has 166 valence electrons. The first kappa shape index (κ1) is 20.7. The van der Waals surface area contributed by atoms with Crippen LogP contribution >= 0.6 is 0 Å². The van der Waals surface area contributed by atoms with Crippen LogP contribution in [0.5, 0.6) is 5.75 Å². The molecule has 32 heavy (non-hydrogen) atoms. The average molecular weight is 454 g/mol. The van der Waals surface area contributed by atoms with Gasteiger partial charge >= 0.3 is 0 Å². The molecule has 4 aromatic rings. The van der Waals surface area contributed by atoms with Gasteiger partial charge in [0.05, 0.1) is 25.2 Å². The predicted molar refractivity (Wildman–Crippen MR) is 121 cm³/mol. The first-order valence-electron chi connectivity index (χ1n) is 10.4. The molecule has 1 aliphatic heterocycles. The maximum absolute atomic E-state index is 12.7. The first-order valence-corrected chi connectivity index (χ1v) is 12.2. The number of rotatable bonds is 6. The summed E-state index contributed by atoms with van der Waals surface area (Å²) in [5.41, 5.74) is 1.99. The highest BCUT2D eigenvalue weighted by atomic mass is 32.2. The van der Waals surface area contributed by atoms with E-state index in [1.54, 1.807) is 13.2 Å². The van der Waals surface area contributed by atoms with Crippen LogP contribution in [-0.2, 0) is 22.9 Å². The maximum atomic E-state index is 12.7. The van der Waals surface area contributed by atoms with Crippen LogP contribution in [0.2, 0.25) is 0 Å². The monoisotopic (exact) mass is 453 g/mol. The van der Waals surface area contributed by atoms with Crippen LogP contribution < -0.4 is 10.3 Å². The molecule has 1 N–H and O–H groups in total. The molecule has 0 saturated carbocycles. The van der Waals surface area contributed by atoms with E-state index in [1.807, 2.05) is 42.5 Å². The summed E-state index contributed by atoms with van der Waals surface area (Å²) in [4.78, 5) is 22.3. The highest BCUT2D eigenvalue weighted by Crippen LogP contribution is 2.26. The Hall–Kier alpha value is -3.17. The van der Waals surface area contributed by atoms with Gasteiger partial charge in [0.25, 0.3) is 5.56 Å². The van der Waals surface area contributed by atoms with Crippen molar-refractivity contribution in [2.45, 2.75) is 25.6 Å². The summed E-state index contributed by atoms with van der Waals surface area (Å²) in [6, 6.07) is 14.9. The molecule has 8 nitrogen and oxygen atoms in total. The maximum Gasteiger partial charge on any atom is 0.294 e. The van der Waals surface area contributed by atoms with Gasteiger partial charge in [-0.2, -0.15) is 0 Å². The molecule has 1 aliphatic rings. The number of aromatic amines is 1. The van der Waals surface area contributed by atoms with E-state index in [0.717, 1.165) is 16.7 Å². The van der Waals surface area contributed by atoms with Crippen LogP contribution in [0.4, 0.5) is 0 Å². The van der Waals surface area contributed by atoms with E-state index in [4.69, 9.17) is 9.15 Å². The van der Waals surface area contributed by atoms with E-state index in [1.165, 1.54) is 0 Å². The minimum Gasteiger partial charge on any atom is -0.497 e. The molecule has 0 spiro atoms. The number of hydrogen-bond donors (Lipinski definition) is 1. The van der Waals surface area contributed by atoms with Crippen molar-refractivity contribution in [2.75, 3.05) is 18.6 Å². The van der Waals surface area contributed by atoms with Crippen LogP contribution in [0, 0.1) is 0 Å². The number of fused-ring (bicyclic) bond motifs is 3. The molecule has 0 amide bonds. The van der Waals surface area contributed by atoms with Crippen molar-refractivity contribution in [1.82, 2.24) is 14.9 Å². The van der Waals surface area contributed by atoms with E-state index >= 15 is 0 Å². The summed E-state index contributed by atoms with van der Waals surface area (Å²) >= 11 is 0. The number of hydrogen-bond acceptors (Lipinski definition) is 7. The topological polar surface area (TPSA) is 106 Å². The summed E-state index contributed by atoms with van der Waals surface area (Å²) < 4.78 is 35.2. The van der Waals surface area contributed by atoms with Gasteiger partial charge in [0.2, 0.25) is 5.58 Å². The van der Waals surface area contributed by atoms with Crippen molar-refractivity contribution >= 4 is 31.9 Å². The number of H-pyrrole nitrogens is 1. The fourth-order valence-corrected chi connectivity index (χ4v) is 6.02. The number of aromatic nitrogens is 2. The summed E-state index contributed by atoms with van der Waals surface area (Å²) in [5.74, 6) is 1.51. The Morgan fingerprint density at radius 2 is 1.94 bits per heavy atom. The number of para-hydroxylation sites is 1. The van der Waals surface area contributed by atoms with Crippen molar-refractivity contribution in [2.24, 2.45) is 0 Å². The minimum absolute atomic E-state index is 0.101. The lowest BCUT2D eigenvalue weighted by molar-refractivity contribution is 0.189. The molecule has 0 radical (unpaired) electrons. The summed E-state index contributed by atoms with van der Waals surface area (Å²) in [6.07, 6.45) is 0.555. The van der Waals surface area contributed by atoms with Gasteiger partial charge in [0.15, 0.2) is 9.84 Å². The molecule has 5 rings (SSSR count). The van der Waals surface area contributed by atoms with Crippen molar-refractivity contribution in [3.63, 3.8) is 0 Å². The quantitative estimate of drug-likeness (QED) is 0.478. The highest BCUT2D eigenvalue weighted by molar-refractivity contribution is 7.91. The number of benzene rings is 2. The predicted octanol–water partition coefficient (Wildman–Crippen LogP) is 2.87. The molecular weight excluding hydrogens is 430 g/mol. The average Bonchev–Trinajstić information content (AvgIpc) is 3.34. The third kappa shape index (κ3) is 4.01. The lowest BCUT2D eigenvalue weighted by Crippen LogP contribution is -2.36. The van der Waals surface area contributed by atoms with Crippen LogP contribution in [0.15, 0.2) is 57.7 Å². The zero-order chi connectivity index (χ0) is 22.3. The first-order chi connectivity index (χ1) is 15.4. The van der Waals surface area contributed by atoms with Gasteiger partial charge in [-0.3, -0.25) is 9.69 Å². The Kier molecular flexibility index (Phi) is 5.22. The number of furan rings is 1. The molecule has 1 unspecified atom stereocenters. The number of sulfone groups is 1. The number of methoxy groups -OCH3 is 1. The van der Waals surface area contributed by atoms with E-state index in [0.29, 0.717) is 36.4 Å². The van der Waals surface area contributed by atoms with Crippen LogP contribution in [0.1, 0.15) is 17.8 Å². The van der Waals surface area contributed by atoms with E-state index < -0.39 is 9.84 Å². The summed E-state index contributed by atoms with van der Waals surface area (Å²) in [7, 11) is -1.45. The molecule has 0 bridgehead atoms. The third-order valence-corrected chi connectivity index (χ3v) is 7.65. The van der Waals surface area contributed by atoms with Crippen LogP contribution in [0.3, 0.4) is 0 Å². The van der Waals surface area contributed by atoms with Gasteiger partial charge in [-0.1, -0.05) is 24.3 Å². The Morgan fingerprint density at radius 1 is 1.16 bits per heavy atom. The van der Waals surface area contributed by atoms with E-state index in [9.17, 15) is 13.2 Å². The van der Waals surface area contributed by atoms with Crippen molar-refractivity contribution < 1.29 is 17.6 Å². The molecule has 1 fully saturated rings. The molecular formula is C23H23N3O5S. The van der Waals surface area contributed by atoms with Crippen molar-refractivity contribution in [3.8, 4) is 5.75 Å². The Bertz CT molecular complexity index is 1440. The Balaban J connectivity index is 1.50. The molecule has 0 aliphatic carbocycles. The van der Waals surface area contributed by atoms with Gasteiger partial charge in [-0.25, -0.2) is 13.4 Å². The number of ether oxygens (including phenoxy) is 1. The van der Waals surface area contributed by atoms with Gasteiger partial charge in [0, 0.05) is 18.0 Å². The lowest BCUT2D eigenvalue weighted by Gasteiger charge is -2.27. The fraction of sp³-hybridized carbons (Fsp3) is 0.304. The van der Waals surface area contributed by atoms with Crippen molar-refractivity contribution in [1.29, 1.82) is 0 Å². The standard InChI is InChI=1S/C23H23N3O5S/c1-30-17-8-6-15(7-9-17)12-26(16-10-11-32(28,29)14-16)13-20-24-21-18-4-2-3-5-19(18)31-22(21)23(27)25-20/h2-9,16H,10-14H2,1H3,(H,24,25,27). The fourth-order valence-electron chi connectivity index (χ4n) is 4.26. The van der Waals surface area contributed by atoms with Crippen molar-refractivity contribution in [3.05, 3.63) is 70.3 Å². The zero-order valence-corrected chi connectivity index (χ0v) is 18.4. The summed E-state index contributed by atoms with van der Waals surface area (Å²) in [6.45, 7) is 0.842. The van der Waals surface area contributed by atoms with Gasteiger partial charge < -0.3 is 14.1 Å². The normalized spacial score (nSPS) is 18.0. The minimum atomic E-state index is -3.07. The van der Waals surface area contributed by atoms with Gasteiger partial charge in [-0.15, -0.1) is 0 Å². The Morgan fingerprint density at radius 3 is 2.66 bits per heavy atom. The zero-order valence-electron chi connectivity index (χ0n) is 17.6. The largest absolute Gasteiger partial charge is 0.497 e. The second-order valence-electron chi connectivity index (χ2n) is 8.10. The molecule has 9 heteroatoms. The molecule has 1 saturated heterocycles. The second-order valence-corrected chi connectivity index (χ2v) is 10.3. The number of nitrogens with one attached hydrogen (secondary N) is 1. The van der Waals surface area contributed by atoms with E-state index in [2.05, 4.69) is 14.9 Å². The van der Waals surface area contributed by atoms with Gasteiger partial charge in [0.1, 0.15) is 22.7 Å². The lowest BCUT2D eigenvalue weighted by atomic mass is 10.1.